The van der Waals surface area contributed by atoms with Gasteiger partial charge in [-0.2, -0.15) is 0 Å². The van der Waals surface area contributed by atoms with E-state index in [1.807, 2.05) is 32.9 Å². The Kier molecular flexibility index (Phi) is 4.07. The van der Waals surface area contributed by atoms with E-state index in [-0.39, 0.29) is 5.78 Å². The normalized spacial score (nSPS) is 22.8. The SMILES string of the molecule is CC1=C(C)C[C@H](C(=O)c2ccc(C)cc2)[C@@H](C(=O)[O-])C1. The fourth-order valence-electron chi connectivity index (χ4n) is 2.75. The molecule has 2 atom stereocenters. The Morgan fingerprint density at radius 2 is 1.45 bits per heavy atom. The van der Waals surface area contributed by atoms with Crippen LogP contribution in [0.3, 0.4) is 0 Å². The first kappa shape index (κ1) is 14.5. The largest absolute Gasteiger partial charge is 0.550 e. The molecular weight excluding hydrogens is 252 g/mol. The van der Waals surface area contributed by atoms with Gasteiger partial charge < -0.3 is 9.90 Å². The molecule has 3 nitrogen and oxygen atoms in total. The molecule has 0 aromatic heterocycles. The number of benzene rings is 1. The number of hydrogen-bond acceptors (Lipinski definition) is 3. The molecule has 0 spiro atoms. The number of rotatable bonds is 3. The monoisotopic (exact) mass is 271 g/mol. The van der Waals surface area contributed by atoms with Crippen LogP contribution in [0.4, 0.5) is 0 Å². The molecule has 1 aromatic rings. The molecule has 0 heterocycles. The van der Waals surface area contributed by atoms with E-state index in [0.29, 0.717) is 18.4 Å². The predicted molar refractivity (Wildman–Crippen MR) is 75.1 cm³/mol. The first-order chi connectivity index (χ1) is 9.40. The maximum Gasteiger partial charge on any atom is 0.166 e. The highest BCUT2D eigenvalue weighted by Crippen LogP contribution is 2.35. The van der Waals surface area contributed by atoms with Crippen LogP contribution in [0.1, 0.15) is 42.6 Å². The van der Waals surface area contributed by atoms with Crippen molar-refractivity contribution < 1.29 is 14.7 Å². The number of carboxylic acid groups (broad SMARTS) is 1. The first-order valence-electron chi connectivity index (χ1n) is 6.87. The lowest BCUT2D eigenvalue weighted by molar-refractivity contribution is -0.313. The lowest BCUT2D eigenvalue weighted by Gasteiger charge is -2.32. The molecule has 1 aliphatic rings. The number of carbonyl (C=O) groups is 2. The third-order valence-electron chi connectivity index (χ3n) is 4.24. The highest BCUT2D eigenvalue weighted by molar-refractivity contribution is 6.00. The van der Waals surface area contributed by atoms with Crippen LogP contribution >= 0.6 is 0 Å². The second-order valence-corrected chi connectivity index (χ2v) is 5.73. The van der Waals surface area contributed by atoms with Gasteiger partial charge in [0.15, 0.2) is 5.78 Å². The second-order valence-electron chi connectivity index (χ2n) is 5.73. The summed E-state index contributed by atoms with van der Waals surface area (Å²) >= 11 is 0. The first-order valence-corrected chi connectivity index (χ1v) is 6.87. The zero-order chi connectivity index (χ0) is 14.9. The van der Waals surface area contributed by atoms with Crippen LogP contribution < -0.4 is 5.11 Å². The molecule has 0 amide bonds. The van der Waals surface area contributed by atoms with E-state index in [2.05, 4.69) is 0 Å². The number of hydrogen-bond donors (Lipinski definition) is 0. The molecule has 1 aromatic carbocycles. The lowest BCUT2D eigenvalue weighted by atomic mass is 9.73. The smallest absolute Gasteiger partial charge is 0.166 e. The van der Waals surface area contributed by atoms with E-state index < -0.39 is 17.8 Å². The van der Waals surface area contributed by atoms with Crippen molar-refractivity contribution in [3.63, 3.8) is 0 Å². The van der Waals surface area contributed by atoms with Gasteiger partial charge in [0.1, 0.15) is 0 Å². The van der Waals surface area contributed by atoms with Crippen LogP contribution in [0.25, 0.3) is 0 Å². The molecule has 0 bridgehead atoms. The third-order valence-corrected chi connectivity index (χ3v) is 4.24. The molecule has 1 aliphatic carbocycles. The molecule has 20 heavy (non-hydrogen) atoms. The molecule has 0 unspecified atom stereocenters. The van der Waals surface area contributed by atoms with E-state index in [9.17, 15) is 14.7 Å². The third kappa shape index (κ3) is 2.82. The summed E-state index contributed by atoms with van der Waals surface area (Å²) in [4.78, 5) is 23.9. The van der Waals surface area contributed by atoms with Crippen molar-refractivity contribution >= 4 is 11.8 Å². The number of aryl methyl sites for hydroxylation is 1. The van der Waals surface area contributed by atoms with Gasteiger partial charge in [-0.3, -0.25) is 4.79 Å². The van der Waals surface area contributed by atoms with Crippen molar-refractivity contribution in [2.24, 2.45) is 11.8 Å². The van der Waals surface area contributed by atoms with E-state index in [1.165, 1.54) is 0 Å². The average molecular weight is 271 g/mol. The highest BCUT2D eigenvalue weighted by atomic mass is 16.4. The minimum atomic E-state index is -1.12. The maximum absolute atomic E-state index is 12.6. The maximum atomic E-state index is 12.6. The minimum absolute atomic E-state index is 0.0916. The molecule has 2 rings (SSSR count). The Morgan fingerprint density at radius 1 is 0.950 bits per heavy atom. The summed E-state index contributed by atoms with van der Waals surface area (Å²) in [7, 11) is 0. The summed E-state index contributed by atoms with van der Waals surface area (Å²) < 4.78 is 0. The molecule has 0 radical (unpaired) electrons. The van der Waals surface area contributed by atoms with Gasteiger partial charge in [0.25, 0.3) is 0 Å². The van der Waals surface area contributed by atoms with E-state index >= 15 is 0 Å². The predicted octanol–water partition coefficient (Wildman–Crippen LogP) is 2.29. The van der Waals surface area contributed by atoms with Crippen molar-refractivity contribution in [2.45, 2.75) is 33.6 Å². The van der Waals surface area contributed by atoms with Crippen molar-refractivity contribution in [3.8, 4) is 0 Å². The van der Waals surface area contributed by atoms with Gasteiger partial charge >= 0.3 is 0 Å². The summed E-state index contributed by atoms with van der Waals surface area (Å²) in [5.74, 6) is -2.44. The summed E-state index contributed by atoms with van der Waals surface area (Å²) in [5.41, 5.74) is 3.84. The average Bonchev–Trinajstić information content (AvgIpc) is 2.41. The molecular formula is C17H19O3-. The topological polar surface area (TPSA) is 57.2 Å². The van der Waals surface area contributed by atoms with Gasteiger partial charge in [0, 0.05) is 23.4 Å². The van der Waals surface area contributed by atoms with Gasteiger partial charge in [-0.25, -0.2) is 0 Å². The van der Waals surface area contributed by atoms with Gasteiger partial charge in [-0.15, -0.1) is 0 Å². The van der Waals surface area contributed by atoms with Crippen LogP contribution in [-0.2, 0) is 4.79 Å². The minimum Gasteiger partial charge on any atom is -0.550 e. The summed E-state index contributed by atoms with van der Waals surface area (Å²) in [5, 5.41) is 11.3. The van der Waals surface area contributed by atoms with Gasteiger partial charge in [0.05, 0.1) is 0 Å². The Bertz CT molecular complexity index is 566. The summed E-state index contributed by atoms with van der Waals surface area (Å²) in [6, 6.07) is 7.28. The van der Waals surface area contributed by atoms with Gasteiger partial charge in [-0.1, -0.05) is 41.0 Å². The second kappa shape index (κ2) is 5.61. The Labute approximate surface area is 119 Å². The number of carboxylic acids is 1. The molecule has 106 valence electrons. The Balaban J connectivity index is 2.31. The fourth-order valence-corrected chi connectivity index (χ4v) is 2.75. The Hall–Kier alpha value is -1.90. The lowest BCUT2D eigenvalue weighted by Crippen LogP contribution is -2.41. The molecule has 0 saturated carbocycles. The van der Waals surface area contributed by atoms with Crippen molar-refractivity contribution in [1.82, 2.24) is 0 Å². The van der Waals surface area contributed by atoms with Crippen molar-refractivity contribution in [2.75, 3.05) is 0 Å². The van der Waals surface area contributed by atoms with Crippen LogP contribution in [-0.4, -0.2) is 11.8 Å². The number of aliphatic carboxylic acids is 1. The van der Waals surface area contributed by atoms with E-state index in [1.54, 1.807) is 12.1 Å². The van der Waals surface area contributed by atoms with E-state index in [0.717, 1.165) is 16.7 Å². The molecule has 0 aliphatic heterocycles. The van der Waals surface area contributed by atoms with Gasteiger partial charge in [-0.05, 0) is 33.6 Å². The van der Waals surface area contributed by atoms with Gasteiger partial charge in [0.2, 0.25) is 0 Å². The van der Waals surface area contributed by atoms with Crippen LogP contribution in [0.2, 0.25) is 0 Å². The Morgan fingerprint density at radius 3 is 1.95 bits per heavy atom. The van der Waals surface area contributed by atoms with Crippen LogP contribution in [0.5, 0.6) is 0 Å². The zero-order valence-corrected chi connectivity index (χ0v) is 12.1. The molecule has 0 saturated heterocycles. The number of carbonyl (C=O) groups excluding carboxylic acids is 2. The number of Topliss-reactive ketones (excluding diaryl/α,β-unsaturated/α-hetero) is 1. The standard InChI is InChI=1S/C17H20O3/c1-10-4-6-13(7-5-10)16(18)14-8-11(2)12(3)9-15(14)17(19)20/h4-7,14-15H,8-9H2,1-3H3,(H,19,20)/p-1/t14-,15-/m0/s1. The highest BCUT2D eigenvalue weighted by Gasteiger charge is 2.33. The molecule has 3 heteroatoms. The van der Waals surface area contributed by atoms with Crippen LogP contribution in [0.15, 0.2) is 35.4 Å². The summed E-state index contributed by atoms with van der Waals surface area (Å²) in [6.07, 6.45) is 0.924. The quantitative estimate of drug-likeness (QED) is 0.626. The number of ketones is 1. The molecule has 0 N–H and O–H groups in total. The van der Waals surface area contributed by atoms with Crippen LogP contribution in [0, 0.1) is 18.8 Å². The zero-order valence-electron chi connectivity index (χ0n) is 12.1. The summed E-state index contributed by atoms with van der Waals surface area (Å²) in [6.45, 7) is 5.85. The van der Waals surface area contributed by atoms with E-state index in [4.69, 9.17) is 0 Å². The molecule has 0 fully saturated rings. The van der Waals surface area contributed by atoms with Crippen molar-refractivity contribution in [3.05, 3.63) is 46.5 Å². The van der Waals surface area contributed by atoms with Crippen molar-refractivity contribution in [1.29, 1.82) is 0 Å². The fraction of sp³-hybridized carbons (Fsp3) is 0.412. The number of allylic oxidation sites excluding steroid dienone is 2.